The van der Waals surface area contributed by atoms with Crippen LogP contribution in [0.4, 0.5) is 17.1 Å². The molecule has 3 nitrogen and oxygen atoms in total. The van der Waals surface area contributed by atoms with Crippen LogP contribution >= 0.6 is 0 Å². The second-order valence-electron chi connectivity index (χ2n) is 18.5. The molecule has 4 fully saturated rings. The van der Waals surface area contributed by atoms with Gasteiger partial charge in [-0.2, -0.15) is 0 Å². The van der Waals surface area contributed by atoms with Gasteiger partial charge < -0.3 is 13.9 Å². The van der Waals surface area contributed by atoms with E-state index in [0.717, 1.165) is 62.7 Å². The summed E-state index contributed by atoms with van der Waals surface area (Å²) < 4.78 is 8.94. The van der Waals surface area contributed by atoms with Gasteiger partial charge in [0.25, 0.3) is 0 Å². The number of nitrogens with zero attached hydrogens (tertiary/aromatic N) is 2. The molecule has 2 aromatic heterocycles. The average Bonchev–Trinajstić information content (AvgIpc) is 3.97. The standard InChI is InChI=1S/C58H44N2O/c1-6-19-50(60-51-20-7-2-13-45(51)46-14-3-8-21-52(46)60)43(12-1)36-24-28-41(29-25-36)59(53-22-9-5-18-49(53)58-34-39-32-38-33-40(35-58)56(58)55(38)39)42-30-26-37(27-31-42)44-16-11-17-48-47-15-4-10-23-54(47)61-57(44)48/h1-31,38-40,55-56H,32-35H2/t38-,39?,40?,55-,56?,58+/m0/s1. The molecule has 0 aliphatic heterocycles. The molecule has 0 bridgehead atoms. The van der Waals surface area contributed by atoms with Crippen LogP contribution in [-0.4, -0.2) is 4.57 Å². The van der Waals surface area contributed by atoms with Crippen molar-refractivity contribution in [1.82, 2.24) is 4.57 Å². The van der Waals surface area contributed by atoms with Crippen molar-refractivity contribution < 1.29 is 4.42 Å². The van der Waals surface area contributed by atoms with Gasteiger partial charge in [0.05, 0.1) is 16.7 Å². The van der Waals surface area contributed by atoms with Gasteiger partial charge in [-0.1, -0.05) is 133 Å². The van der Waals surface area contributed by atoms with E-state index >= 15 is 0 Å². The Morgan fingerprint density at radius 3 is 1.82 bits per heavy atom. The fourth-order valence-electron chi connectivity index (χ4n) is 13.5. The Morgan fingerprint density at radius 1 is 0.475 bits per heavy atom. The summed E-state index contributed by atoms with van der Waals surface area (Å²) in [6, 6.07) is 69.4. The van der Waals surface area contributed by atoms with E-state index in [1.807, 2.05) is 6.07 Å². The van der Waals surface area contributed by atoms with Crippen molar-refractivity contribution in [2.75, 3.05) is 4.90 Å². The zero-order valence-electron chi connectivity index (χ0n) is 33.9. The number of hydrogen-bond acceptors (Lipinski definition) is 2. The molecule has 3 unspecified atom stereocenters. The third-order valence-electron chi connectivity index (χ3n) is 15.8. The first kappa shape index (κ1) is 33.9. The van der Waals surface area contributed by atoms with E-state index < -0.39 is 0 Å². The maximum absolute atomic E-state index is 6.50. The highest BCUT2D eigenvalue weighted by molar-refractivity contribution is 6.10. The molecule has 0 saturated heterocycles. The van der Waals surface area contributed by atoms with Gasteiger partial charge in [0.15, 0.2) is 0 Å². The summed E-state index contributed by atoms with van der Waals surface area (Å²) in [6.07, 6.45) is 5.64. The zero-order chi connectivity index (χ0) is 39.8. The number of hydrogen-bond donors (Lipinski definition) is 0. The van der Waals surface area contributed by atoms with Gasteiger partial charge in [0, 0.05) is 55.1 Å². The van der Waals surface area contributed by atoms with Crippen LogP contribution in [0.2, 0.25) is 0 Å². The third kappa shape index (κ3) is 4.69. The topological polar surface area (TPSA) is 21.3 Å². The molecule has 4 aliphatic carbocycles. The van der Waals surface area contributed by atoms with Crippen LogP contribution < -0.4 is 4.90 Å². The Kier molecular flexibility index (Phi) is 7.01. The lowest BCUT2D eigenvalue weighted by Crippen LogP contribution is -2.47. The summed E-state index contributed by atoms with van der Waals surface area (Å²) in [5.41, 5.74) is 15.7. The molecular formula is C58H44N2O. The number of fused-ring (bicyclic) bond motifs is 6. The molecule has 14 rings (SSSR count). The van der Waals surface area contributed by atoms with E-state index in [2.05, 4.69) is 191 Å². The minimum absolute atomic E-state index is 0.290. The smallest absolute Gasteiger partial charge is 0.143 e. The maximum atomic E-state index is 6.50. The molecule has 61 heavy (non-hydrogen) atoms. The fourth-order valence-corrected chi connectivity index (χ4v) is 13.5. The van der Waals surface area contributed by atoms with E-state index in [-0.39, 0.29) is 5.41 Å². The second kappa shape index (κ2) is 12.6. The Labute approximate surface area is 355 Å². The summed E-state index contributed by atoms with van der Waals surface area (Å²) in [7, 11) is 0. The first-order valence-electron chi connectivity index (χ1n) is 22.3. The van der Waals surface area contributed by atoms with Crippen LogP contribution in [0.3, 0.4) is 0 Å². The Balaban J connectivity index is 0.903. The molecule has 2 heterocycles. The number of anilines is 3. The van der Waals surface area contributed by atoms with Gasteiger partial charge >= 0.3 is 0 Å². The molecule has 4 aliphatic rings. The molecule has 10 aromatic rings. The van der Waals surface area contributed by atoms with Gasteiger partial charge in [0.1, 0.15) is 11.2 Å². The Bertz CT molecular complexity index is 3320. The highest BCUT2D eigenvalue weighted by Gasteiger charge is 2.73. The predicted molar refractivity (Wildman–Crippen MR) is 251 cm³/mol. The van der Waals surface area contributed by atoms with Gasteiger partial charge in [-0.3, -0.25) is 0 Å². The molecule has 0 amide bonds. The molecule has 0 radical (unpaired) electrons. The second-order valence-corrected chi connectivity index (χ2v) is 18.5. The van der Waals surface area contributed by atoms with E-state index in [9.17, 15) is 0 Å². The van der Waals surface area contributed by atoms with Crippen LogP contribution in [0, 0.1) is 29.6 Å². The molecular weight excluding hydrogens is 741 g/mol. The van der Waals surface area contributed by atoms with Crippen molar-refractivity contribution in [1.29, 1.82) is 0 Å². The summed E-state index contributed by atoms with van der Waals surface area (Å²) in [5.74, 6) is 4.62. The zero-order valence-corrected chi connectivity index (χ0v) is 33.9. The quantitative estimate of drug-likeness (QED) is 0.161. The molecule has 292 valence electrons. The number of benzene rings is 8. The van der Waals surface area contributed by atoms with Crippen molar-refractivity contribution in [3.63, 3.8) is 0 Å². The molecule has 0 N–H and O–H groups in total. The minimum atomic E-state index is 0.290. The molecule has 8 aromatic carbocycles. The van der Waals surface area contributed by atoms with Crippen molar-refractivity contribution in [3.8, 4) is 27.9 Å². The van der Waals surface area contributed by atoms with Crippen molar-refractivity contribution in [2.24, 2.45) is 29.6 Å². The lowest BCUT2D eigenvalue weighted by molar-refractivity contribution is 0.0688. The fraction of sp³-hybridized carbons (Fsp3) is 0.172. The summed E-state index contributed by atoms with van der Waals surface area (Å²) in [6.45, 7) is 0. The van der Waals surface area contributed by atoms with Crippen molar-refractivity contribution in [3.05, 3.63) is 194 Å². The summed E-state index contributed by atoms with van der Waals surface area (Å²) >= 11 is 0. The maximum Gasteiger partial charge on any atom is 0.143 e. The minimum Gasteiger partial charge on any atom is -0.455 e. The lowest BCUT2D eigenvalue weighted by Gasteiger charge is -2.52. The number of furan rings is 1. The lowest BCUT2D eigenvalue weighted by atomic mass is 9.53. The van der Waals surface area contributed by atoms with E-state index in [1.54, 1.807) is 5.56 Å². The van der Waals surface area contributed by atoms with Gasteiger partial charge in [-0.05, 0) is 127 Å². The predicted octanol–water partition coefficient (Wildman–Crippen LogP) is 15.4. The molecule has 6 atom stereocenters. The Morgan fingerprint density at radius 2 is 1.05 bits per heavy atom. The Hall–Kier alpha value is -6.84. The highest BCUT2D eigenvalue weighted by atomic mass is 16.3. The first-order chi connectivity index (χ1) is 30.2. The van der Waals surface area contributed by atoms with E-state index in [1.165, 1.54) is 81.4 Å². The molecule has 0 spiro atoms. The molecule has 4 saturated carbocycles. The van der Waals surface area contributed by atoms with Crippen molar-refractivity contribution >= 4 is 60.8 Å². The van der Waals surface area contributed by atoms with Crippen LogP contribution in [0.5, 0.6) is 0 Å². The molecule has 3 heteroatoms. The first-order valence-corrected chi connectivity index (χ1v) is 22.3. The highest BCUT2D eigenvalue weighted by Crippen LogP contribution is 2.79. The monoisotopic (exact) mass is 784 g/mol. The largest absolute Gasteiger partial charge is 0.455 e. The SMILES string of the molecule is c1ccc(-n2c3ccccc3c3ccccc32)c(-c2ccc(N(c3ccc(-c4cccc5c4oc4ccccc45)cc3)c3ccccc3[C@]34CC5C[C@@H]6CC(C3)[C@H]6C54)cc2)c1. The van der Waals surface area contributed by atoms with E-state index in [4.69, 9.17) is 4.42 Å². The number of rotatable bonds is 7. The average molecular weight is 785 g/mol. The van der Waals surface area contributed by atoms with Crippen LogP contribution in [0.15, 0.2) is 192 Å². The number of para-hydroxylation sites is 6. The van der Waals surface area contributed by atoms with Crippen LogP contribution in [0.1, 0.15) is 31.2 Å². The van der Waals surface area contributed by atoms with Crippen LogP contribution in [0.25, 0.3) is 71.7 Å². The van der Waals surface area contributed by atoms with Gasteiger partial charge in [0.2, 0.25) is 0 Å². The van der Waals surface area contributed by atoms with Gasteiger partial charge in [-0.25, -0.2) is 0 Å². The third-order valence-corrected chi connectivity index (χ3v) is 15.8. The summed E-state index contributed by atoms with van der Waals surface area (Å²) in [5, 5.41) is 4.87. The number of aromatic nitrogens is 1. The van der Waals surface area contributed by atoms with E-state index in [0.29, 0.717) is 0 Å². The van der Waals surface area contributed by atoms with Gasteiger partial charge in [-0.15, -0.1) is 0 Å². The summed E-state index contributed by atoms with van der Waals surface area (Å²) in [4.78, 5) is 2.55. The van der Waals surface area contributed by atoms with Crippen molar-refractivity contribution in [2.45, 2.75) is 31.1 Å². The normalized spacial score (nSPS) is 23.4. The van der Waals surface area contributed by atoms with Crippen LogP contribution in [-0.2, 0) is 5.41 Å².